The number of amides is 1. The molecule has 0 atom stereocenters. The van der Waals surface area contributed by atoms with Gasteiger partial charge in [0.05, 0.1) is 6.54 Å². The van der Waals surface area contributed by atoms with Crippen molar-refractivity contribution in [3.63, 3.8) is 0 Å². The predicted octanol–water partition coefficient (Wildman–Crippen LogP) is 1.54. The predicted molar refractivity (Wildman–Crippen MR) is 87.4 cm³/mol. The molecule has 2 rings (SSSR count). The van der Waals surface area contributed by atoms with Gasteiger partial charge in [-0.05, 0) is 38.5 Å². The lowest BCUT2D eigenvalue weighted by atomic mass is 10.2. The Morgan fingerprint density at radius 3 is 2.52 bits per heavy atom. The van der Waals surface area contributed by atoms with Crippen molar-refractivity contribution in [2.24, 2.45) is 0 Å². The minimum absolute atomic E-state index is 0.0243. The van der Waals surface area contributed by atoms with E-state index >= 15 is 0 Å². The average molecular weight is 290 g/mol. The molecule has 1 aliphatic rings. The minimum Gasteiger partial charge on any atom is -0.398 e. The molecule has 1 heterocycles. The zero-order valence-electron chi connectivity index (χ0n) is 13.2. The third kappa shape index (κ3) is 4.44. The van der Waals surface area contributed by atoms with Crippen LogP contribution in [-0.2, 0) is 4.79 Å². The highest BCUT2D eigenvalue weighted by atomic mass is 16.2. The van der Waals surface area contributed by atoms with Crippen molar-refractivity contribution in [3.05, 3.63) is 23.8 Å². The van der Waals surface area contributed by atoms with Gasteiger partial charge in [-0.2, -0.15) is 0 Å². The van der Waals surface area contributed by atoms with Crippen molar-refractivity contribution >= 4 is 17.3 Å². The van der Waals surface area contributed by atoms with Gasteiger partial charge in [0.15, 0.2) is 0 Å². The molecule has 0 radical (unpaired) electrons. The lowest BCUT2D eigenvalue weighted by Crippen LogP contribution is -2.50. The molecule has 1 amide bonds. The molecule has 0 aliphatic carbocycles. The molecule has 1 aliphatic heterocycles. The number of nitrogen functional groups attached to an aromatic ring is 1. The van der Waals surface area contributed by atoms with Crippen molar-refractivity contribution in [1.82, 2.24) is 9.80 Å². The third-order valence-corrected chi connectivity index (χ3v) is 4.07. The molecule has 1 fully saturated rings. The highest BCUT2D eigenvalue weighted by molar-refractivity contribution is 5.92. The van der Waals surface area contributed by atoms with Crippen LogP contribution in [0.2, 0.25) is 0 Å². The van der Waals surface area contributed by atoms with E-state index < -0.39 is 0 Å². The minimum atomic E-state index is 0.0243. The first-order valence-corrected chi connectivity index (χ1v) is 7.58. The van der Waals surface area contributed by atoms with E-state index in [0.29, 0.717) is 18.3 Å². The summed E-state index contributed by atoms with van der Waals surface area (Å²) in [4.78, 5) is 16.7. The first-order chi connectivity index (χ1) is 9.95. The molecule has 5 heteroatoms. The van der Waals surface area contributed by atoms with Gasteiger partial charge >= 0.3 is 0 Å². The van der Waals surface area contributed by atoms with Gasteiger partial charge in [-0.25, -0.2) is 0 Å². The molecule has 0 saturated carbocycles. The van der Waals surface area contributed by atoms with E-state index in [1.54, 1.807) is 0 Å². The molecular weight excluding hydrogens is 264 g/mol. The van der Waals surface area contributed by atoms with E-state index in [1.165, 1.54) is 0 Å². The lowest BCUT2D eigenvalue weighted by molar-refractivity contribution is -0.117. The van der Waals surface area contributed by atoms with Gasteiger partial charge in [0.1, 0.15) is 0 Å². The van der Waals surface area contributed by atoms with Crippen LogP contribution in [0.15, 0.2) is 18.2 Å². The Balaban J connectivity index is 1.81. The van der Waals surface area contributed by atoms with Crippen molar-refractivity contribution in [3.8, 4) is 0 Å². The van der Waals surface area contributed by atoms with Crippen molar-refractivity contribution in [1.29, 1.82) is 0 Å². The Bertz CT molecular complexity index is 493. The highest BCUT2D eigenvalue weighted by Crippen LogP contribution is 2.17. The maximum Gasteiger partial charge on any atom is 0.238 e. The second-order valence-electron chi connectivity index (χ2n) is 6.03. The van der Waals surface area contributed by atoms with Crippen molar-refractivity contribution in [2.45, 2.75) is 26.8 Å². The lowest BCUT2D eigenvalue weighted by Gasteiger charge is -2.36. The van der Waals surface area contributed by atoms with E-state index in [-0.39, 0.29) is 5.91 Å². The van der Waals surface area contributed by atoms with Crippen LogP contribution in [0.1, 0.15) is 19.4 Å². The maximum atomic E-state index is 12.1. The smallest absolute Gasteiger partial charge is 0.238 e. The summed E-state index contributed by atoms with van der Waals surface area (Å²) in [7, 11) is 0. The van der Waals surface area contributed by atoms with E-state index in [4.69, 9.17) is 5.73 Å². The van der Waals surface area contributed by atoms with Crippen LogP contribution < -0.4 is 11.1 Å². The fraction of sp³-hybridized carbons (Fsp3) is 0.562. The van der Waals surface area contributed by atoms with Gasteiger partial charge in [0.25, 0.3) is 0 Å². The number of benzene rings is 1. The molecule has 1 aromatic carbocycles. The van der Waals surface area contributed by atoms with Gasteiger partial charge < -0.3 is 11.1 Å². The molecule has 1 saturated heterocycles. The van der Waals surface area contributed by atoms with Crippen LogP contribution in [0, 0.1) is 6.92 Å². The summed E-state index contributed by atoms with van der Waals surface area (Å²) in [5, 5.41) is 2.92. The molecule has 116 valence electrons. The van der Waals surface area contributed by atoms with Gasteiger partial charge in [-0.15, -0.1) is 0 Å². The average Bonchev–Trinajstić information content (AvgIpc) is 2.43. The van der Waals surface area contributed by atoms with Gasteiger partial charge in [-0.1, -0.05) is 6.07 Å². The molecule has 0 spiro atoms. The summed E-state index contributed by atoms with van der Waals surface area (Å²) in [6.45, 7) is 10.8. The van der Waals surface area contributed by atoms with E-state index in [2.05, 4.69) is 29.0 Å². The third-order valence-electron chi connectivity index (χ3n) is 4.07. The SMILES string of the molecule is Cc1ccc(NC(=O)CN2CCN(C(C)C)CC2)cc1N. The van der Waals surface area contributed by atoms with Gasteiger partial charge in [0, 0.05) is 43.6 Å². The number of hydrogen-bond donors (Lipinski definition) is 2. The number of nitrogens with zero attached hydrogens (tertiary/aromatic N) is 2. The summed E-state index contributed by atoms with van der Waals surface area (Å²) in [6.07, 6.45) is 0. The number of nitrogens with two attached hydrogens (primary N) is 1. The van der Waals surface area contributed by atoms with Gasteiger partial charge in [-0.3, -0.25) is 14.6 Å². The number of nitrogens with one attached hydrogen (secondary N) is 1. The van der Waals surface area contributed by atoms with Crippen LogP contribution in [0.25, 0.3) is 0 Å². The second kappa shape index (κ2) is 6.91. The Hall–Kier alpha value is -1.59. The van der Waals surface area contributed by atoms with Gasteiger partial charge in [0.2, 0.25) is 5.91 Å². The molecule has 0 unspecified atom stereocenters. The van der Waals surface area contributed by atoms with Crippen LogP contribution in [0.3, 0.4) is 0 Å². The topological polar surface area (TPSA) is 61.6 Å². The highest BCUT2D eigenvalue weighted by Gasteiger charge is 2.20. The Morgan fingerprint density at radius 1 is 1.29 bits per heavy atom. The Labute approximate surface area is 127 Å². The number of rotatable bonds is 4. The zero-order valence-corrected chi connectivity index (χ0v) is 13.2. The first-order valence-electron chi connectivity index (χ1n) is 7.58. The Morgan fingerprint density at radius 2 is 1.95 bits per heavy atom. The quantitative estimate of drug-likeness (QED) is 0.826. The Kier molecular flexibility index (Phi) is 5.20. The number of carbonyl (C=O) groups excluding carboxylic acids is 1. The van der Waals surface area contributed by atoms with Crippen LogP contribution in [0.5, 0.6) is 0 Å². The van der Waals surface area contributed by atoms with E-state index in [0.717, 1.165) is 37.4 Å². The van der Waals surface area contributed by atoms with Crippen LogP contribution >= 0.6 is 0 Å². The molecular formula is C16H26N4O. The van der Waals surface area contributed by atoms with Crippen LogP contribution in [-0.4, -0.2) is 54.5 Å². The number of hydrogen-bond acceptors (Lipinski definition) is 4. The first kappa shape index (κ1) is 15.8. The largest absolute Gasteiger partial charge is 0.398 e. The summed E-state index contributed by atoms with van der Waals surface area (Å²) in [5.74, 6) is 0.0243. The molecule has 5 nitrogen and oxygen atoms in total. The summed E-state index contributed by atoms with van der Waals surface area (Å²) in [6, 6.07) is 6.20. The summed E-state index contributed by atoms with van der Waals surface area (Å²) >= 11 is 0. The second-order valence-corrected chi connectivity index (χ2v) is 6.03. The van der Waals surface area contributed by atoms with Crippen LogP contribution in [0.4, 0.5) is 11.4 Å². The van der Waals surface area contributed by atoms with E-state index in [9.17, 15) is 4.79 Å². The standard InChI is InChI=1S/C16H26N4O/c1-12(2)20-8-6-19(7-9-20)11-16(21)18-14-5-4-13(3)15(17)10-14/h4-5,10,12H,6-9,11,17H2,1-3H3,(H,18,21). The van der Waals surface area contributed by atoms with Crippen molar-refractivity contribution in [2.75, 3.05) is 43.8 Å². The molecule has 1 aromatic rings. The van der Waals surface area contributed by atoms with Crippen molar-refractivity contribution < 1.29 is 4.79 Å². The normalized spacial score (nSPS) is 17.1. The fourth-order valence-corrected chi connectivity index (χ4v) is 2.56. The summed E-state index contributed by atoms with van der Waals surface area (Å²) in [5.41, 5.74) is 8.36. The molecule has 3 N–H and O–H groups in total. The molecule has 21 heavy (non-hydrogen) atoms. The summed E-state index contributed by atoms with van der Waals surface area (Å²) < 4.78 is 0. The zero-order chi connectivity index (χ0) is 15.4. The number of carbonyl (C=O) groups is 1. The monoisotopic (exact) mass is 290 g/mol. The number of aryl methyl sites for hydroxylation is 1. The number of anilines is 2. The molecule has 0 aromatic heterocycles. The van der Waals surface area contributed by atoms with E-state index in [1.807, 2.05) is 25.1 Å². The molecule has 0 bridgehead atoms. The number of piperazine rings is 1. The fourth-order valence-electron chi connectivity index (χ4n) is 2.56. The maximum absolute atomic E-state index is 12.1.